The zero-order chi connectivity index (χ0) is 12.1. The number of aromatic amines is 1. The number of nitrogens with zero attached hydrogens (tertiary/aromatic N) is 2. The number of aromatic nitrogens is 3. The summed E-state index contributed by atoms with van der Waals surface area (Å²) in [4.78, 5) is 4.24. The number of methoxy groups -OCH3 is 1. The van der Waals surface area contributed by atoms with Gasteiger partial charge in [0, 0.05) is 12.7 Å². The molecule has 90 valence electrons. The van der Waals surface area contributed by atoms with Gasteiger partial charge in [0.05, 0.1) is 6.61 Å². The first-order valence-electron chi connectivity index (χ1n) is 5.41. The topological polar surface area (TPSA) is 60.0 Å². The molecule has 0 saturated carbocycles. The highest BCUT2D eigenvalue weighted by Crippen LogP contribution is 2.16. The first-order valence-corrected chi connectivity index (χ1v) is 5.41. The second kappa shape index (κ2) is 5.45. The van der Waals surface area contributed by atoms with Crippen molar-refractivity contribution in [2.75, 3.05) is 20.3 Å². The molecule has 0 amide bonds. The van der Waals surface area contributed by atoms with E-state index in [4.69, 9.17) is 9.47 Å². The van der Waals surface area contributed by atoms with E-state index in [1.807, 2.05) is 31.2 Å². The van der Waals surface area contributed by atoms with E-state index in [9.17, 15) is 0 Å². The minimum absolute atomic E-state index is 0.345. The summed E-state index contributed by atoms with van der Waals surface area (Å²) in [5.74, 6) is 0.706. The molecular weight excluding hydrogens is 218 g/mol. The Kier molecular flexibility index (Phi) is 3.72. The van der Waals surface area contributed by atoms with E-state index in [-0.39, 0.29) is 0 Å². The van der Waals surface area contributed by atoms with Crippen LogP contribution < -0.4 is 4.74 Å². The van der Waals surface area contributed by atoms with Gasteiger partial charge in [-0.2, -0.15) is 4.98 Å². The number of ether oxygens (including phenoxy) is 2. The van der Waals surface area contributed by atoms with Crippen molar-refractivity contribution in [1.82, 2.24) is 15.2 Å². The van der Waals surface area contributed by atoms with E-state index in [1.54, 1.807) is 7.11 Å². The van der Waals surface area contributed by atoms with Crippen molar-refractivity contribution in [3.63, 3.8) is 0 Å². The van der Waals surface area contributed by atoms with Gasteiger partial charge in [-0.05, 0) is 6.92 Å². The summed E-state index contributed by atoms with van der Waals surface area (Å²) in [5.41, 5.74) is 2.20. The molecule has 17 heavy (non-hydrogen) atoms. The van der Waals surface area contributed by atoms with Gasteiger partial charge < -0.3 is 9.47 Å². The Balaban J connectivity index is 2.04. The number of hydrogen-bond acceptors (Lipinski definition) is 4. The Morgan fingerprint density at radius 3 is 2.65 bits per heavy atom. The van der Waals surface area contributed by atoms with Crippen molar-refractivity contribution >= 4 is 0 Å². The summed E-state index contributed by atoms with van der Waals surface area (Å²) in [6.45, 7) is 3.01. The lowest BCUT2D eigenvalue weighted by molar-refractivity contribution is 0.141. The number of hydrogen-bond donors (Lipinski definition) is 1. The van der Waals surface area contributed by atoms with Crippen LogP contribution >= 0.6 is 0 Å². The summed E-state index contributed by atoms with van der Waals surface area (Å²) in [5, 5.41) is 6.81. The minimum atomic E-state index is 0.345. The van der Waals surface area contributed by atoms with Crippen molar-refractivity contribution in [3.8, 4) is 17.4 Å². The van der Waals surface area contributed by atoms with Crippen molar-refractivity contribution in [1.29, 1.82) is 0 Å². The summed E-state index contributed by atoms with van der Waals surface area (Å²) >= 11 is 0. The first kappa shape index (κ1) is 11.6. The third-order valence-electron chi connectivity index (χ3n) is 2.31. The van der Waals surface area contributed by atoms with Crippen LogP contribution in [0.5, 0.6) is 6.01 Å². The molecule has 0 saturated heterocycles. The van der Waals surface area contributed by atoms with E-state index in [0.717, 1.165) is 5.56 Å². The Morgan fingerprint density at radius 1 is 1.18 bits per heavy atom. The fraction of sp³-hybridized carbons (Fsp3) is 0.333. The van der Waals surface area contributed by atoms with Gasteiger partial charge in [0.15, 0.2) is 5.82 Å². The van der Waals surface area contributed by atoms with Gasteiger partial charge in [-0.3, -0.25) is 5.10 Å². The Labute approximate surface area is 99.8 Å². The summed E-state index contributed by atoms with van der Waals surface area (Å²) < 4.78 is 10.2. The predicted molar refractivity (Wildman–Crippen MR) is 63.9 cm³/mol. The SMILES string of the molecule is COCCOc1n[nH]c(-c2ccc(C)cc2)n1. The zero-order valence-corrected chi connectivity index (χ0v) is 9.93. The molecule has 5 heteroatoms. The standard InChI is InChI=1S/C12H15N3O2/c1-9-3-5-10(6-4-9)11-13-12(15-14-11)17-8-7-16-2/h3-6H,7-8H2,1-2H3,(H,13,14,15). The number of nitrogens with one attached hydrogen (secondary N) is 1. The first-order chi connectivity index (χ1) is 8.29. The molecule has 0 aliphatic carbocycles. The van der Waals surface area contributed by atoms with Gasteiger partial charge in [-0.1, -0.05) is 29.8 Å². The molecule has 0 unspecified atom stereocenters. The minimum Gasteiger partial charge on any atom is -0.460 e. The van der Waals surface area contributed by atoms with Gasteiger partial charge in [0.25, 0.3) is 0 Å². The average Bonchev–Trinajstić information content (AvgIpc) is 2.79. The Bertz CT molecular complexity index is 465. The highest BCUT2D eigenvalue weighted by Gasteiger charge is 2.05. The van der Waals surface area contributed by atoms with E-state index in [0.29, 0.717) is 25.0 Å². The number of benzene rings is 1. The van der Waals surface area contributed by atoms with Crippen molar-refractivity contribution in [2.45, 2.75) is 6.92 Å². The van der Waals surface area contributed by atoms with Gasteiger partial charge in [-0.15, -0.1) is 5.10 Å². The fourth-order valence-corrected chi connectivity index (χ4v) is 1.37. The van der Waals surface area contributed by atoms with Gasteiger partial charge in [-0.25, -0.2) is 0 Å². The molecule has 0 atom stereocenters. The molecular formula is C12H15N3O2. The molecule has 5 nitrogen and oxygen atoms in total. The summed E-state index contributed by atoms with van der Waals surface area (Å²) in [6.07, 6.45) is 0. The lowest BCUT2D eigenvalue weighted by atomic mass is 10.1. The smallest absolute Gasteiger partial charge is 0.335 e. The Morgan fingerprint density at radius 2 is 1.94 bits per heavy atom. The second-order valence-electron chi connectivity index (χ2n) is 3.67. The van der Waals surface area contributed by atoms with E-state index < -0.39 is 0 Å². The second-order valence-corrected chi connectivity index (χ2v) is 3.67. The van der Waals surface area contributed by atoms with Crippen molar-refractivity contribution < 1.29 is 9.47 Å². The molecule has 2 rings (SSSR count). The van der Waals surface area contributed by atoms with Gasteiger partial charge >= 0.3 is 6.01 Å². The van der Waals surface area contributed by atoms with Crippen LogP contribution in [-0.2, 0) is 4.74 Å². The third kappa shape index (κ3) is 3.04. The number of H-pyrrole nitrogens is 1. The largest absolute Gasteiger partial charge is 0.460 e. The molecule has 0 bridgehead atoms. The monoisotopic (exact) mass is 233 g/mol. The van der Waals surface area contributed by atoms with E-state index >= 15 is 0 Å². The maximum absolute atomic E-state index is 5.29. The Hall–Kier alpha value is -1.88. The summed E-state index contributed by atoms with van der Waals surface area (Å²) in [6, 6.07) is 8.40. The molecule has 1 heterocycles. The molecule has 1 N–H and O–H groups in total. The van der Waals surface area contributed by atoms with Crippen LogP contribution in [0.25, 0.3) is 11.4 Å². The lowest BCUT2D eigenvalue weighted by Crippen LogP contribution is -2.05. The van der Waals surface area contributed by atoms with Crippen LogP contribution in [0.1, 0.15) is 5.56 Å². The molecule has 0 fully saturated rings. The van der Waals surface area contributed by atoms with Crippen LogP contribution in [-0.4, -0.2) is 35.5 Å². The predicted octanol–water partition coefficient (Wildman–Crippen LogP) is 1.81. The van der Waals surface area contributed by atoms with Gasteiger partial charge in [0.2, 0.25) is 0 Å². The molecule has 2 aromatic rings. The molecule has 0 spiro atoms. The highest BCUT2D eigenvalue weighted by atomic mass is 16.5. The van der Waals surface area contributed by atoms with Gasteiger partial charge in [0.1, 0.15) is 6.61 Å². The van der Waals surface area contributed by atoms with E-state index in [2.05, 4.69) is 15.2 Å². The molecule has 0 aliphatic heterocycles. The average molecular weight is 233 g/mol. The third-order valence-corrected chi connectivity index (χ3v) is 2.31. The lowest BCUT2D eigenvalue weighted by Gasteiger charge is -1.98. The quantitative estimate of drug-likeness (QED) is 0.800. The summed E-state index contributed by atoms with van der Waals surface area (Å²) in [7, 11) is 1.62. The maximum atomic E-state index is 5.29. The van der Waals surface area contributed by atoms with Crippen LogP contribution in [0.15, 0.2) is 24.3 Å². The number of rotatable bonds is 5. The van der Waals surface area contributed by atoms with Crippen molar-refractivity contribution in [3.05, 3.63) is 29.8 Å². The maximum Gasteiger partial charge on any atom is 0.335 e. The van der Waals surface area contributed by atoms with Crippen LogP contribution in [0.2, 0.25) is 0 Å². The van der Waals surface area contributed by atoms with Crippen LogP contribution in [0, 0.1) is 6.92 Å². The van der Waals surface area contributed by atoms with Crippen LogP contribution in [0.3, 0.4) is 0 Å². The molecule has 1 aromatic carbocycles. The number of aryl methyl sites for hydroxylation is 1. The zero-order valence-electron chi connectivity index (χ0n) is 9.93. The normalized spacial score (nSPS) is 10.5. The highest BCUT2D eigenvalue weighted by molar-refractivity contribution is 5.55. The van der Waals surface area contributed by atoms with Crippen LogP contribution in [0.4, 0.5) is 0 Å². The molecule has 0 radical (unpaired) electrons. The molecule has 1 aromatic heterocycles. The van der Waals surface area contributed by atoms with E-state index in [1.165, 1.54) is 5.56 Å². The fourth-order valence-electron chi connectivity index (χ4n) is 1.37. The van der Waals surface area contributed by atoms with Crippen molar-refractivity contribution in [2.24, 2.45) is 0 Å². The molecule has 0 aliphatic rings.